The van der Waals surface area contributed by atoms with Crippen LogP contribution in [0, 0.1) is 0 Å². The number of Topliss-reactive ketones (excluding diaryl/α,β-unsaturated/α-hetero) is 1. The molecule has 1 aliphatic rings. The van der Waals surface area contributed by atoms with Crippen molar-refractivity contribution in [1.29, 1.82) is 0 Å². The molecule has 0 aromatic heterocycles. The molecule has 1 saturated heterocycles. The monoisotopic (exact) mass is 469 g/mol. The number of nitrogens with zero attached hydrogens (tertiary/aromatic N) is 1. The fourth-order valence-electron chi connectivity index (χ4n) is 3.65. The Bertz CT molecular complexity index is 1260. The molecular weight excluding hydrogens is 453 g/mol. The summed E-state index contributed by atoms with van der Waals surface area (Å²) >= 11 is 12.4. The van der Waals surface area contributed by atoms with Gasteiger partial charge in [-0.1, -0.05) is 47.5 Å². The van der Waals surface area contributed by atoms with Gasteiger partial charge in [-0.15, -0.1) is 0 Å². The standard InChI is InChI=1S/C24H17Cl2NO5/c1-32-15-8-9-17(25)16(12-15)22(29)20-21(13-7-10-19(28)18(26)11-13)27(24(31)23(20)30)14-5-3-2-4-6-14/h2-12,21,28-29H,1H3/b22-20+. The highest BCUT2D eigenvalue weighted by molar-refractivity contribution is 6.52. The topological polar surface area (TPSA) is 87.1 Å². The van der Waals surface area contributed by atoms with E-state index in [2.05, 4.69) is 0 Å². The molecule has 1 heterocycles. The lowest BCUT2D eigenvalue weighted by molar-refractivity contribution is -0.132. The van der Waals surface area contributed by atoms with Crippen LogP contribution in [-0.4, -0.2) is 29.0 Å². The Kier molecular flexibility index (Phi) is 5.82. The number of rotatable bonds is 4. The molecule has 1 unspecified atom stereocenters. The molecule has 0 saturated carbocycles. The van der Waals surface area contributed by atoms with Crippen molar-refractivity contribution in [2.24, 2.45) is 0 Å². The lowest BCUT2D eigenvalue weighted by atomic mass is 9.95. The maximum absolute atomic E-state index is 13.1. The van der Waals surface area contributed by atoms with Crippen LogP contribution in [0.1, 0.15) is 17.2 Å². The number of para-hydroxylation sites is 1. The van der Waals surface area contributed by atoms with Crippen LogP contribution in [0.15, 0.2) is 72.3 Å². The van der Waals surface area contributed by atoms with Gasteiger partial charge in [0.15, 0.2) is 0 Å². The highest BCUT2D eigenvalue weighted by Crippen LogP contribution is 2.44. The SMILES string of the molecule is COc1ccc(Cl)c(/C(O)=C2\C(=O)C(=O)N(c3ccccc3)C2c2ccc(O)c(Cl)c2)c1. The van der Waals surface area contributed by atoms with E-state index < -0.39 is 23.5 Å². The van der Waals surface area contributed by atoms with Crippen molar-refractivity contribution >= 4 is 46.3 Å². The van der Waals surface area contributed by atoms with E-state index in [0.717, 1.165) is 0 Å². The predicted molar refractivity (Wildman–Crippen MR) is 122 cm³/mol. The molecule has 162 valence electrons. The van der Waals surface area contributed by atoms with Gasteiger partial charge in [0.05, 0.1) is 28.8 Å². The quantitative estimate of drug-likeness (QED) is 0.306. The van der Waals surface area contributed by atoms with Crippen LogP contribution in [0.2, 0.25) is 10.0 Å². The zero-order chi connectivity index (χ0) is 23.0. The van der Waals surface area contributed by atoms with E-state index in [0.29, 0.717) is 17.0 Å². The number of aliphatic hydroxyl groups is 1. The number of hydrogen-bond acceptors (Lipinski definition) is 5. The summed E-state index contributed by atoms with van der Waals surface area (Å²) in [5.41, 5.74) is 0.874. The number of benzene rings is 3. The average molecular weight is 470 g/mol. The molecule has 0 aliphatic carbocycles. The third kappa shape index (κ3) is 3.68. The van der Waals surface area contributed by atoms with E-state index in [-0.39, 0.29) is 26.9 Å². The molecule has 1 amide bonds. The molecule has 6 nitrogen and oxygen atoms in total. The number of ether oxygens (including phenoxy) is 1. The molecule has 1 aliphatic heterocycles. The number of methoxy groups -OCH3 is 1. The van der Waals surface area contributed by atoms with E-state index in [1.165, 1.54) is 42.3 Å². The smallest absolute Gasteiger partial charge is 0.300 e. The Balaban J connectivity index is 1.99. The molecule has 0 spiro atoms. The number of aliphatic hydroxyl groups excluding tert-OH is 1. The first-order valence-corrected chi connectivity index (χ1v) is 10.3. The molecule has 3 aromatic carbocycles. The zero-order valence-corrected chi connectivity index (χ0v) is 18.3. The largest absolute Gasteiger partial charge is 0.507 e. The maximum atomic E-state index is 13.1. The summed E-state index contributed by atoms with van der Waals surface area (Å²) in [6, 6.07) is 16.6. The average Bonchev–Trinajstić information content (AvgIpc) is 3.06. The number of hydrogen-bond donors (Lipinski definition) is 2. The first-order chi connectivity index (χ1) is 15.3. The fraction of sp³-hybridized carbons (Fsp3) is 0.0833. The Hall–Kier alpha value is -3.48. The molecule has 1 atom stereocenters. The van der Waals surface area contributed by atoms with Gasteiger partial charge in [-0.3, -0.25) is 14.5 Å². The number of phenols is 1. The van der Waals surface area contributed by atoms with Crippen LogP contribution >= 0.6 is 23.2 Å². The van der Waals surface area contributed by atoms with Crippen molar-refractivity contribution in [3.63, 3.8) is 0 Å². The number of ketones is 1. The van der Waals surface area contributed by atoms with Crippen molar-refractivity contribution in [3.05, 3.63) is 93.5 Å². The predicted octanol–water partition coefficient (Wildman–Crippen LogP) is 5.33. The first-order valence-electron chi connectivity index (χ1n) is 9.52. The Morgan fingerprint density at radius 2 is 1.69 bits per heavy atom. The summed E-state index contributed by atoms with van der Waals surface area (Å²) in [7, 11) is 1.46. The van der Waals surface area contributed by atoms with Gasteiger partial charge in [0.1, 0.15) is 17.3 Å². The van der Waals surface area contributed by atoms with Gasteiger partial charge in [-0.25, -0.2) is 0 Å². The second-order valence-corrected chi connectivity index (χ2v) is 7.88. The normalized spacial score (nSPS) is 17.6. The van der Waals surface area contributed by atoms with Crippen molar-refractivity contribution < 1.29 is 24.5 Å². The lowest BCUT2D eigenvalue weighted by Crippen LogP contribution is -2.29. The summed E-state index contributed by atoms with van der Waals surface area (Å²) in [5, 5.41) is 21.3. The van der Waals surface area contributed by atoms with Gasteiger partial charge >= 0.3 is 0 Å². The third-order valence-electron chi connectivity index (χ3n) is 5.19. The Morgan fingerprint density at radius 1 is 0.969 bits per heavy atom. The van der Waals surface area contributed by atoms with Gasteiger partial charge in [-0.2, -0.15) is 0 Å². The van der Waals surface area contributed by atoms with E-state index >= 15 is 0 Å². The molecule has 32 heavy (non-hydrogen) atoms. The first kappa shape index (κ1) is 21.7. The zero-order valence-electron chi connectivity index (χ0n) is 16.8. The number of anilines is 1. The number of carbonyl (C=O) groups is 2. The fourth-order valence-corrected chi connectivity index (χ4v) is 4.05. The minimum absolute atomic E-state index is 0.0422. The minimum atomic E-state index is -1.00. The van der Waals surface area contributed by atoms with Gasteiger partial charge in [0.2, 0.25) is 0 Å². The number of amides is 1. The summed E-state index contributed by atoms with van der Waals surface area (Å²) in [6.45, 7) is 0. The second-order valence-electron chi connectivity index (χ2n) is 7.06. The van der Waals surface area contributed by atoms with Crippen LogP contribution in [0.3, 0.4) is 0 Å². The highest BCUT2D eigenvalue weighted by Gasteiger charge is 2.47. The molecule has 8 heteroatoms. The van der Waals surface area contributed by atoms with E-state index in [9.17, 15) is 19.8 Å². The van der Waals surface area contributed by atoms with E-state index in [1.807, 2.05) is 0 Å². The minimum Gasteiger partial charge on any atom is -0.507 e. The van der Waals surface area contributed by atoms with Gasteiger partial charge in [0.25, 0.3) is 11.7 Å². The Morgan fingerprint density at radius 3 is 2.34 bits per heavy atom. The number of carbonyl (C=O) groups excluding carboxylic acids is 2. The molecule has 0 radical (unpaired) electrons. The van der Waals surface area contributed by atoms with Crippen LogP contribution in [0.5, 0.6) is 11.5 Å². The number of halogens is 2. The molecule has 2 N–H and O–H groups in total. The van der Waals surface area contributed by atoms with E-state index in [4.69, 9.17) is 27.9 Å². The maximum Gasteiger partial charge on any atom is 0.300 e. The van der Waals surface area contributed by atoms with E-state index in [1.54, 1.807) is 36.4 Å². The third-order valence-corrected chi connectivity index (χ3v) is 5.83. The number of phenolic OH excluding ortho intramolecular Hbond substituents is 1. The van der Waals surface area contributed by atoms with Crippen molar-refractivity contribution in [1.82, 2.24) is 0 Å². The Labute approximate surface area is 193 Å². The van der Waals surface area contributed by atoms with Crippen LogP contribution < -0.4 is 9.64 Å². The molecule has 1 fully saturated rings. The number of aromatic hydroxyl groups is 1. The van der Waals surface area contributed by atoms with Crippen LogP contribution in [0.4, 0.5) is 5.69 Å². The molecule has 0 bridgehead atoms. The van der Waals surface area contributed by atoms with Gasteiger partial charge in [-0.05, 0) is 48.0 Å². The van der Waals surface area contributed by atoms with Crippen molar-refractivity contribution in [3.8, 4) is 11.5 Å². The van der Waals surface area contributed by atoms with Crippen molar-refractivity contribution in [2.45, 2.75) is 6.04 Å². The van der Waals surface area contributed by atoms with Crippen molar-refractivity contribution in [2.75, 3.05) is 12.0 Å². The van der Waals surface area contributed by atoms with Gasteiger partial charge < -0.3 is 14.9 Å². The highest BCUT2D eigenvalue weighted by atomic mass is 35.5. The summed E-state index contributed by atoms with van der Waals surface area (Å²) < 4.78 is 5.20. The van der Waals surface area contributed by atoms with Crippen LogP contribution in [-0.2, 0) is 9.59 Å². The summed E-state index contributed by atoms with van der Waals surface area (Å²) in [5.74, 6) is -1.87. The summed E-state index contributed by atoms with van der Waals surface area (Å²) in [6.07, 6.45) is 0. The molecular formula is C24H17Cl2NO5. The lowest BCUT2D eigenvalue weighted by Gasteiger charge is -2.25. The second kappa shape index (κ2) is 8.57. The molecule has 3 aromatic rings. The van der Waals surface area contributed by atoms with Crippen LogP contribution in [0.25, 0.3) is 5.76 Å². The molecule has 4 rings (SSSR count). The summed E-state index contributed by atoms with van der Waals surface area (Å²) in [4.78, 5) is 27.5. The van der Waals surface area contributed by atoms with Gasteiger partial charge in [0, 0.05) is 11.3 Å².